The van der Waals surface area contributed by atoms with Crippen LogP contribution in [-0.4, -0.2) is 74.1 Å². The molecule has 1 aromatic heterocycles. The first-order valence-electron chi connectivity index (χ1n) is 13.1. The van der Waals surface area contributed by atoms with Gasteiger partial charge < -0.3 is 19.8 Å². The number of fused-ring (bicyclic) bond motifs is 2. The molecule has 3 heterocycles. The number of rotatable bonds is 2. The number of nitrogens with zero attached hydrogens (tertiary/aromatic N) is 4. The number of aliphatic hydroxyl groups excluding tert-OH is 2. The maximum Gasteiger partial charge on any atom is 0.113 e. The van der Waals surface area contributed by atoms with E-state index in [0.29, 0.717) is 12.8 Å². The van der Waals surface area contributed by atoms with Crippen LogP contribution < -0.4 is 0 Å². The Morgan fingerprint density at radius 3 is 2.72 bits per heavy atom. The molecule has 0 radical (unpaired) electrons. The monoisotopic (exact) mass is 487 g/mol. The number of likely N-dealkylation sites (N-methyl/N-ethyl adjacent to an activating group) is 1. The Hall–Kier alpha value is -2.57. The van der Waals surface area contributed by atoms with Crippen LogP contribution in [0.5, 0.6) is 0 Å². The van der Waals surface area contributed by atoms with Gasteiger partial charge in [-0.1, -0.05) is 25.1 Å². The van der Waals surface area contributed by atoms with Gasteiger partial charge in [0.25, 0.3) is 0 Å². The third-order valence-corrected chi connectivity index (χ3v) is 10.6. The number of ether oxygens (including phenoxy) is 1. The smallest absolute Gasteiger partial charge is 0.113 e. The van der Waals surface area contributed by atoms with E-state index in [-0.39, 0.29) is 17.4 Å². The first-order valence-corrected chi connectivity index (χ1v) is 13.1. The van der Waals surface area contributed by atoms with Crippen molar-refractivity contribution in [2.45, 2.75) is 74.9 Å². The molecule has 1 saturated heterocycles. The summed E-state index contributed by atoms with van der Waals surface area (Å²) < 4.78 is 7.25. The summed E-state index contributed by atoms with van der Waals surface area (Å²) in [5.74, 6) is 0.153. The highest BCUT2D eigenvalue weighted by molar-refractivity contribution is 5.82. The minimum absolute atomic E-state index is 0.137. The van der Waals surface area contributed by atoms with Crippen LogP contribution in [0.4, 0.5) is 0 Å². The SMILES string of the molecule is CN(C)C1CC23CCC4(O2)C2CC=C(c5ccc6n[nH]nc6c5)C2(C)CCC4(C#N)C=C3C(O)C1O. The number of nitrogens with one attached hydrogen (secondary N) is 1. The Kier molecular flexibility index (Phi) is 4.43. The van der Waals surface area contributed by atoms with Gasteiger partial charge in [-0.2, -0.15) is 20.7 Å². The molecule has 3 aliphatic carbocycles. The van der Waals surface area contributed by atoms with Crippen molar-refractivity contribution in [1.82, 2.24) is 20.3 Å². The molecule has 2 aliphatic heterocycles. The van der Waals surface area contributed by atoms with E-state index in [9.17, 15) is 15.5 Å². The van der Waals surface area contributed by atoms with Crippen molar-refractivity contribution >= 4 is 16.6 Å². The minimum atomic E-state index is -1.02. The van der Waals surface area contributed by atoms with Crippen molar-refractivity contribution in [1.29, 1.82) is 5.26 Å². The standard InChI is InChI=1S/C28H33N5O3/c1-25-8-9-26(15-29)13-18-23(34)24(35)21(33(2)3)14-27(18)10-11-28(26,36-27)22(25)7-5-17(25)16-4-6-19-20(12-16)31-32-30-19/h4-6,12-13,21-24,34-35H,7-11,14H2,1-3H3,(H,30,31,32). The molecule has 3 fully saturated rings. The number of H-pyrrole nitrogens is 1. The summed E-state index contributed by atoms with van der Waals surface area (Å²) in [6.07, 6.45) is 7.03. The molecule has 1 aromatic carbocycles. The molecule has 188 valence electrons. The molecular weight excluding hydrogens is 454 g/mol. The quantitative estimate of drug-likeness (QED) is 0.558. The summed E-state index contributed by atoms with van der Waals surface area (Å²) in [7, 11) is 3.88. The predicted octanol–water partition coefficient (Wildman–Crippen LogP) is 2.95. The summed E-state index contributed by atoms with van der Waals surface area (Å²) >= 11 is 0. The molecular formula is C28H33N5O3. The Bertz CT molecular complexity index is 1370. The van der Waals surface area contributed by atoms with E-state index in [1.54, 1.807) is 0 Å². The maximum absolute atomic E-state index is 11.2. The lowest BCUT2D eigenvalue weighted by Crippen LogP contribution is -2.66. The highest BCUT2D eigenvalue weighted by Gasteiger charge is 2.74. The fourth-order valence-corrected chi connectivity index (χ4v) is 8.70. The molecule has 36 heavy (non-hydrogen) atoms. The number of allylic oxidation sites excluding steroid dienone is 2. The fourth-order valence-electron chi connectivity index (χ4n) is 8.70. The summed E-state index contributed by atoms with van der Waals surface area (Å²) in [5, 5.41) is 44.1. The number of aromatic nitrogens is 3. The first kappa shape index (κ1) is 22.6. The zero-order valence-corrected chi connectivity index (χ0v) is 21.0. The summed E-state index contributed by atoms with van der Waals surface area (Å²) in [6, 6.07) is 8.74. The number of nitriles is 1. The third-order valence-electron chi connectivity index (χ3n) is 10.6. The second-order valence-electron chi connectivity index (χ2n) is 12.2. The Morgan fingerprint density at radius 2 is 1.94 bits per heavy atom. The number of benzene rings is 1. The van der Waals surface area contributed by atoms with Gasteiger partial charge in [-0.25, -0.2) is 0 Å². The molecule has 2 bridgehead atoms. The highest BCUT2D eigenvalue weighted by atomic mass is 16.5. The van der Waals surface area contributed by atoms with Crippen molar-refractivity contribution in [3.05, 3.63) is 41.5 Å². The number of aliphatic hydroxyl groups is 2. The lowest BCUT2D eigenvalue weighted by Gasteiger charge is -2.61. The molecule has 8 atom stereocenters. The Labute approximate surface area is 210 Å². The van der Waals surface area contributed by atoms with E-state index in [1.165, 1.54) is 5.57 Å². The van der Waals surface area contributed by atoms with Crippen LogP contribution in [0.1, 0.15) is 51.0 Å². The van der Waals surface area contributed by atoms with Gasteiger partial charge in [-0.3, -0.25) is 0 Å². The van der Waals surface area contributed by atoms with E-state index < -0.39 is 28.8 Å². The lowest BCUT2D eigenvalue weighted by atomic mass is 9.49. The highest BCUT2D eigenvalue weighted by Crippen LogP contribution is 2.72. The number of aromatic amines is 1. The van der Waals surface area contributed by atoms with Gasteiger partial charge in [-0.05, 0) is 86.9 Å². The van der Waals surface area contributed by atoms with Gasteiger partial charge in [-0.15, -0.1) is 0 Å². The summed E-state index contributed by atoms with van der Waals surface area (Å²) in [6.45, 7) is 2.34. The minimum Gasteiger partial charge on any atom is -0.388 e. The normalized spacial score (nSPS) is 45.0. The van der Waals surface area contributed by atoms with Gasteiger partial charge in [0.05, 0.1) is 23.4 Å². The van der Waals surface area contributed by atoms with Gasteiger partial charge >= 0.3 is 0 Å². The van der Waals surface area contributed by atoms with E-state index in [1.807, 2.05) is 31.1 Å². The molecule has 8 heteroatoms. The largest absolute Gasteiger partial charge is 0.388 e. The second kappa shape index (κ2) is 7.05. The fraction of sp³-hybridized carbons (Fsp3) is 0.607. The van der Waals surface area contributed by atoms with Crippen LogP contribution in [-0.2, 0) is 4.74 Å². The van der Waals surface area contributed by atoms with Crippen LogP contribution in [0.2, 0.25) is 0 Å². The molecule has 0 amide bonds. The molecule has 5 aliphatic rings. The van der Waals surface area contributed by atoms with Crippen molar-refractivity contribution in [3.63, 3.8) is 0 Å². The second-order valence-corrected chi connectivity index (χ2v) is 12.2. The van der Waals surface area contributed by atoms with Crippen LogP contribution in [0, 0.1) is 28.1 Å². The van der Waals surface area contributed by atoms with Crippen molar-refractivity contribution in [2.24, 2.45) is 16.7 Å². The van der Waals surface area contributed by atoms with Crippen molar-refractivity contribution in [3.8, 4) is 6.07 Å². The van der Waals surface area contributed by atoms with Crippen LogP contribution in [0.25, 0.3) is 16.6 Å². The molecule has 2 aromatic rings. The van der Waals surface area contributed by atoms with E-state index in [0.717, 1.165) is 47.9 Å². The van der Waals surface area contributed by atoms with Gasteiger partial charge in [0.15, 0.2) is 0 Å². The molecule has 2 saturated carbocycles. The number of hydrogen-bond donors (Lipinski definition) is 3. The predicted molar refractivity (Wildman–Crippen MR) is 133 cm³/mol. The van der Waals surface area contributed by atoms with Crippen molar-refractivity contribution < 1.29 is 14.9 Å². The van der Waals surface area contributed by atoms with Crippen LogP contribution >= 0.6 is 0 Å². The summed E-state index contributed by atoms with van der Waals surface area (Å²) in [5.41, 5.74) is 2.71. The Balaban J connectivity index is 1.33. The molecule has 7 rings (SSSR count). The lowest BCUT2D eigenvalue weighted by molar-refractivity contribution is -0.223. The number of hydrogen-bond acceptors (Lipinski definition) is 7. The van der Waals surface area contributed by atoms with Crippen LogP contribution in [0.3, 0.4) is 0 Å². The van der Waals surface area contributed by atoms with Gasteiger partial charge in [0, 0.05) is 12.0 Å². The molecule has 3 N–H and O–H groups in total. The molecule has 2 spiro atoms. The third kappa shape index (κ3) is 2.52. The molecule has 8 unspecified atom stereocenters. The average molecular weight is 488 g/mol. The zero-order chi connectivity index (χ0) is 25.1. The van der Waals surface area contributed by atoms with Crippen LogP contribution in [0.15, 0.2) is 35.9 Å². The molecule has 8 nitrogen and oxygen atoms in total. The van der Waals surface area contributed by atoms with E-state index in [2.05, 4.69) is 46.6 Å². The van der Waals surface area contributed by atoms with Gasteiger partial charge in [0.2, 0.25) is 0 Å². The van der Waals surface area contributed by atoms with Crippen molar-refractivity contribution in [2.75, 3.05) is 14.1 Å². The Morgan fingerprint density at radius 1 is 1.14 bits per heavy atom. The van der Waals surface area contributed by atoms with E-state index in [4.69, 9.17) is 4.74 Å². The maximum atomic E-state index is 11.2. The first-order chi connectivity index (χ1) is 17.2. The average Bonchev–Trinajstić information content (AvgIpc) is 3.56. The topological polar surface area (TPSA) is 118 Å². The van der Waals surface area contributed by atoms with E-state index >= 15 is 0 Å². The summed E-state index contributed by atoms with van der Waals surface area (Å²) in [4.78, 5) is 1.99. The zero-order valence-electron chi connectivity index (χ0n) is 21.0. The van der Waals surface area contributed by atoms with Gasteiger partial charge in [0.1, 0.15) is 22.6 Å².